The molecule has 1 N–H and O–H groups in total. The molecular weight excluding hydrogens is 309 g/mol. The fourth-order valence-electron chi connectivity index (χ4n) is 3.44. The van der Waals surface area contributed by atoms with Gasteiger partial charge < -0.3 is 9.73 Å². The van der Waals surface area contributed by atoms with Gasteiger partial charge in [0.15, 0.2) is 5.76 Å². The number of fused-ring (bicyclic) bond motifs is 1. The summed E-state index contributed by atoms with van der Waals surface area (Å²) in [6, 6.07) is 6.36. The van der Waals surface area contributed by atoms with Crippen LogP contribution in [0, 0.1) is 12.7 Å². The third kappa shape index (κ3) is 2.48. The number of halogens is 1. The van der Waals surface area contributed by atoms with E-state index in [1.807, 2.05) is 4.68 Å². The summed E-state index contributed by atoms with van der Waals surface area (Å²) in [7, 11) is 0. The van der Waals surface area contributed by atoms with Crippen molar-refractivity contribution >= 4 is 22.7 Å². The van der Waals surface area contributed by atoms with Gasteiger partial charge in [-0.05, 0) is 38.0 Å². The SMILES string of the molecule is Cc1c(C(=O)Nc2ccnn2C2CCCC2)oc2ccc(F)cc12. The molecule has 3 aromatic rings. The number of anilines is 1. The molecule has 0 atom stereocenters. The molecule has 0 aliphatic heterocycles. The van der Waals surface area contributed by atoms with Crippen LogP contribution < -0.4 is 5.32 Å². The minimum atomic E-state index is -0.349. The maximum atomic E-state index is 13.4. The largest absolute Gasteiger partial charge is 0.451 e. The lowest BCUT2D eigenvalue weighted by molar-refractivity contribution is 0.0996. The van der Waals surface area contributed by atoms with E-state index in [0.717, 1.165) is 12.8 Å². The highest BCUT2D eigenvalue weighted by atomic mass is 19.1. The van der Waals surface area contributed by atoms with Gasteiger partial charge >= 0.3 is 0 Å². The van der Waals surface area contributed by atoms with Crippen molar-refractivity contribution in [2.45, 2.75) is 38.6 Å². The molecular formula is C18H18FN3O2. The molecule has 1 aliphatic rings. The molecule has 0 bridgehead atoms. The number of aromatic nitrogens is 2. The van der Waals surface area contributed by atoms with Gasteiger partial charge in [-0.1, -0.05) is 12.8 Å². The Morgan fingerprint density at radius 1 is 1.33 bits per heavy atom. The second-order valence-electron chi connectivity index (χ2n) is 6.25. The number of nitrogens with zero attached hydrogens (tertiary/aromatic N) is 2. The summed E-state index contributed by atoms with van der Waals surface area (Å²) in [4.78, 5) is 12.6. The van der Waals surface area contributed by atoms with E-state index in [2.05, 4.69) is 10.4 Å². The minimum Gasteiger partial charge on any atom is -0.451 e. The van der Waals surface area contributed by atoms with Crippen LogP contribution in [0.4, 0.5) is 10.2 Å². The van der Waals surface area contributed by atoms with Gasteiger partial charge in [0.1, 0.15) is 17.2 Å². The van der Waals surface area contributed by atoms with Gasteiger partial charge in [0.05, 0.1) is 12.2 Å². The standard InChI is InChI=1S/C18H18FN3O2/c1-11-14-10-12(19)6-7-15(14)24-17(11)18(23)21-16-8-9-20-22(16)13-4-2-3-5-13/h6-10,13H,2-5H2,1H3,(H,21,23). The summed E-state index contributed by atoms with van der Waals surface area (Å²) in [5, 5.41) is 7.83. The van der Waals surface area contributed by atoms with E-state index in [4.69, 9.17) is 4.42 Å². The summed E-state index contributed by atoms with van der Waals surface area (Å²) in [6.45, 7) is 1.76. The highest BCUT2D eigenvalue weighted by Crippen LogP contribution is 2.32. The zero-order chi connectivity index (χ0) is 16.7. The van der Waals surface area contributed by atoms with Crippen molar-refractivity contribution < 1.29 is 13.6 Å². The van der Waals surface area contributed by atoms with Crippen LogP contribution in [0.15, 0.2) is 34.9 Å². The average Bonchev–Trinajstić information content (AvgIpc) is 3.28. The van der Waals surface area contributed by atoms with Gasteiger partial charge in [-0.15, -0.1) is 0 Å². The van der Waals surface area contributed by atoms with Crippen molar-refractivity contribution in [1.82, 2.24) is 9.78 Å². The number of nitrogens with one attached hydrogen (secondary N) is 1. The molecule has 1 saturated carbocycles. The number of carbonyl (C=O) groups is 1. The molecule has 0 saturated heterocycles. The predicted octanol–water partition coefficient (Wildman–Crippen LogP) is 4.44. The second-order valence-corrected chi connectivity index (χ2v) is 6.25. The Balaban J connectivity index is 1.63. The number of rotatable bonds is 3. The van der Waals surface area contributed by atoms with Gasteiger partial charge in [0.25, 0.3) is 5.91 Å². The lowest BCUT2D eigenvalue weighted by Gasteiger charge is -2.14. The van der Waals surface area contributed by atoms with E-state index < -0.39 is 0 Å². The first-order valence-corrected chi connectivity index (χ1v) is 8.17. The molecule has 24 heavy (non-hydrogen) atoms. The number of carbonyl (C=O) groups excluding carboxylic acids is 1. The number of amides is 1. The van der Waals surface area contributed by atoms with E-state index in [1.54, 1.807) is 19.2 Å². The van der Waals surface area contributed by atoms with Crippen molar-refractivity contribution in [1.29, 1.82) is 0 Å². The van der Waals surface area contributed by atoms with Crippen molar-refractivity contribution in [2.75, 3.05) is 5.32 Å². The fourth-order valence-corrected chi connectivity index (χ4v) is 3.44. The van der Waals surface area contributed by atoms with Gasteiger partial charge in [0.2, 0.25) is 0 Å². The Morgan fingerprint density at radius 3 is 2.92 bits per heavy atom. The molecule has 2 aromatic heterocycles. The highest BCUT2D eigenvalue weighted by Gasteiger charge is 2.23. The molecule has 5 nitrogen and oxygen atoms in total. The van der Waals surface area contributed by atoms with Crippen molar-refractivity contribution in [2.24, 2.45) is 0 Å². The average molecular weight is 327 g/mol. The van der Waals surface area contributed by atoms with Gasteiger partial charge in [-0.25, -0.2) is 9.07 Å². The van der Waals surface area contributed by atoms with E-state index in [9.17, 15) is 9.18 Å². The zero-order valence-electron chi connectivity index (χ0n) is 13.4. The number of hydrogen-bond acceptors (Lipinski definition) is 3. The third-order valence-electron chi connectivity index (χ3n) is 4.69. The van der Waals surface area contributed by atoms with Crippen LogP contribution in [0.25, 0.3) is 11.0 Å². The number of furan rings is 1. The lowest BCUT2D eigenvalue weighted by Crippen LogP contribution is -2.17. The summed E-state index contributed by atoms with van der Waals surface area (Å²) in [5.41, 5.74) is 1.14. The first-order chi connectivity index (χ1) is 11.6. The normalized spacial score (nSPS) is 15.2. The lowest BCUT2D eigenvalue weighted by atomic mass is 10.1. The Kier molecular flexibility index (Phi) is 3.59. The van der Waals surface area contributed by atoms with Crippen LogP contribution in [0.1, 0.15) is 47.8 Å². The summed E-state index contributed by atoms with van der Waals surface area (Å²) < 4.78 is 20.9. The summed E-state index contributed by atoms with van der Waals surface area (Å²) in [5.74, 6) is 0.175. The summed E-state index contributed by atoms with van der Waals surface area (Å²) in [6.07, 6.45) is 6.22. The van der Waals surface area contributed by atoms with Crippen LogP contribution in [0.5, 0.6) is 0 Å². The maximum absolute atomic E-state index is 13.4. The molecule has 0 radical (unpaired) electrons. The third-order valence-corrected chi connectivity index (χ3v) is 4.69. The quantitative estimate of drug-likeness (QED) is 0.773. The Hall–Kier alpha value is -2.63. The number of hydrogen-bond donors (Lipinski definition) is 1. The molecule has 1 amide bonds. The van der Waals surface area contributed by atoms with E-state index in [0.29, 0.717) is 28.4 Å². The molecule has 2 heterocycles. The van der Waals surface area contributed by atoms with Crippen molar-refractivity contribution in [3.8, 4) is 0 Å². The van der Waals surface area contributed by atoms with Crippen LogP contribution in [-0.4, -0.2) is 15.7 Å². The molecule has 1 fully saturated rings. The van der Waals surface area contributed by atoms with E-state index >= 15 is 0 Å². The first kappa shape index (κ1) is 14.9. The molecule has 1 aliphatic carbocycles. The van der Waals surface area contributed by atoms with Crippen molar-refractivity contribution in [3.63, 3.8) is 0 Å². The highest BCUT2D eigenvalue weighted by molar-refractivity contribution is 6.06. The summed E-state index contributed by atoms with van der Waals surface area (Å²) >= 11 is 0. The van der Waals surface area contributed by atoms with E-state index in [1.165, 1.54) is 31.0 Å². The smallest absolute Gasteiger partial charge is 0.292 e. The predicted molar refractivity (Wildman–Crippen MR) is 88.6 cm³/mol. The number of benzene rings is 1. The molecule has 1 aromatic carbocycles. The molecule has 4 rings (SSSR count). The molecule has 124 valence electrons. The van der Waals surface area contributed by atoms with Gasteiger partial charge in [-0.2, -0.15) is 5.10 Å². The van der Waals surface area contributed by atoms with Crippen LogP contribution >= 0.6 is 0 Å². The molecule has 0 spiro atoms. The molecule has 0 unspecified atom stereocenters. The minimum absolute atomic E-state index is 0.203. The zero-order valence-corrected chi connectivity index (χ0v) is 13.4. The van der Waals surface area contributed by atoms with Gasteiger partial charge in [0, 0.05) is 17.0 Å². The van der Waals surface area contributed by atoms with Crippen LogP contribution in [0.3, 0.4) is 0 Å². The molecule has 6 heteroatoms. The monoisotopic (exact) mass is 327 g/mol. The van der Waals surface area contributed by atoms with Gasteiger partial charge in [-0.3, -0.25) is 4.79 Å². The number of aryl methyl sites for hydroxylation is 1. The van der Waals surface area contributed by atoms with Crippen LogP contribution in [0.2, 0.25) is 0 Å². The van der Waals surface area contributed by atoms with Crippen LogP contribution in [-0.2, 0) is 0 Å². The fraction of sp³-hybridized carbons (Fsp3) is 0.333. The first-order valence-electron chi connectivity index (χ1n) is 8.17. The Morgan fingerprint density at radius 2 is 2.12 bits per heavy atom. The maximum Gasteiger partial charge on any atom is 0.292 e. The van der Waals surface area contributed by atoms with Crippen molar-refractivity contribution in [3.05, 3.63) is 47.6 Å². The Bertz CT molecular complexity index is 906. The van der Waals surface area contributed by atoms with E-state index in [-0.39, 0.29) is 17.5 Å². The second kappa shape index (κ2) is 5.78. The Labute approximate surface area is 138 Å². The topological polar surface area (TPSA) is 60.1 Å².